The molecule has 0 unspecified atom stereocenters. The molecule has 1 aliphatic heterocycles. The zero-order valence-electron chi connectivity index (χ0n) is 14.7. The summed E-state index contributed by atoms with van der Waals surface area (Å²) < 4.78 is 5.67. The minimum atomic E-state index is -0.464. The van der Waals surface area contributed by atoms with Gasteiger partial charge in [0.2, 0.25) is 5.91 Å². The Labute approximate surface area is 155 Å². The van der Waals surface area contributed by atoms with Crippen LogP contribution in [0, 0.1) is 16.0 Å². The van der Waals surface area contributed by atoms with E-state index < -0.39 is 4.92 Å². The van der Waals surface area contributed by atoms with Crippen LogP contribution in [-0.2, 0) is 4.79 Å². The van der Waals surface area contributed by atoms with Crippen molar-refractivity contribution < 1.29 is 18.9 Å². The summed E-state index contributed by atoms with van der Waals surface area (Å²) in [6.07, 6.45) is 1.96. The molecular formula is C19H19N3O5. The van der Waals surface area contributed by atoms with E-state index in [-0.39, 0.29) is 29.2 Å². The van der Waals surface area contributed by atoms with Crippen LogP contribution in [0.2, 0.25) is 0 Å². The van der Waals surface area contributed by atoms with Crippen LogP contribution in [0.4, 0.5) is 5.69 Å². The number of amides is 2. The lowest BCUT2D eigenvalue weighted by Crippen LogP contribution is -2.51. The van der Waals surface area contributed by atoms with Gasteiger partial charge in [0.05, 0.1) is 4.92 Å². The zero-order valence-corrected chi connectivity index (χ0v) is 14.7. The molecule has 1 aliphatic carbocycles. The molecule has 140 valence electrons. The average Bonchev–Trinajstić information content (AvgIpc) is 3.43. The van der Waals surface area contributed by atoms with Crippen molar-refractivity contribution >= 4 is 17.5 Å². The Hall–Kier alpha value is -3.16. The molecule has 0 radical (unpaired) electrons. The molecule has 0 atom stereocenters. The number of furan rings is 1. The Bertz CT molecular complexity index is 877. The highest BCUT2D eigenvalue weighted by molar-refractivity contribution is 5.92. The molecule has 1 saturated heterocycles. The van der Waals surface area contributed by atoms with Gasteiger partial charge < -0.3 is 14.2 Å². The first-order valence-electron chi connectivity index (χ1n) is 8.95. The number of non-ortho nitro benzene ring substituents is 1. The Morgan fingerprint density at radius 1 is 0.963 bits per heavy atom. The molecule has 2 aliphatic rings. The maximum absolute atomic E-state index is 12.6. The van der Waals surface area contributed by atoms with Gasteiger partial charge in [0.25, 0.3) is 11.6 Å². The van der Waals surface area contributed by atoms with Crippen molar-refractivity contribution in [3.63, 3.8) is 0 Å². The maximum atomic E-state index is 12.6. The summed E-state index contributed by atoms with van der Waals surface area (Å²) in [4.78, 5) is 38.5. The van der Waals surface area contributed by atoms with Crippen LogP contribution < -0.4 is 0 Å². The highest BCUT2D eigenvalue weighted by Crippen LogP contribution is 2.31. The van der Waals surface area contributed by atoms with E-state index in [0.29, 0.717) is 37.5 Å². The van der Waals surface area contributed by atoms with Gasteiger partial charge in [0.1, 0.15) is 5.76 Å². The number of benzene rings is 1. The third kappa shape index (κ3) is 3.55. The van der Waals surface area contributed by atoms with E-state index in [9.17, 15) is 19.7 Å². The van der Waals surface area contributed by atoms with Crippen LogP contribution in [0.15, 0.2) is 40.8 Å². The summed E-state index contributed by atoms with van der Waals surface area (Å²) in [6.45, 7) is 2.09. The summed E-state index contributed by atoms with van der Waals surface area (Å²) in [5, 5.41) is 10.7. The molecule has 1 saturated carbocycles. The minimum Gasteiger partial charge on any atom is -0.451 e. The second-order valence-electron chi connectivity index (χ2n) is 6.86. The molecule has 2 aromatic rings. The maximum Gasteiger partial charge on any atom is 0.289 e. The quantitative estimate of drug-likeness (QED) is 0.609. The van der Waals surface area contributed by atoms with Crippen LogP contribution in [0.1, 0.15) is 23.4 Å². The third-order valence-electron chi connectivity index (χ3n) is 4.98. The zero-order chi connectivity index (χ0) is 19.0. The van der Waals surface area contributed by atoms with Crippen LogP contribution in [-0.4, -0.2) is 52.7 Å². The Morgan fingerprint density at radius 3 is 2.19 bits per heavy atom. The molecule has 8 heteroatoms. The van der Waals surface area contributed by atoms with Gasteiger partial charge >= 0.3 is 0 Å². The first kappa shape index (κ1) is 17.3. The van der Waals surface area contributed by atoms with Crippen LogP contribution in [0.25, 0.3) is 11.3 Å². The van der Waals surface area contributed by atoms with Gasteiger partial charge in [0.15, 0.2) is 5.76 Å². The van der Waals surface area contributed by atoms with E-state index in [1.165, 1.54) is 12.1 Å². The second kappa shape index (κ2) is 6.86. The summed E-state index contributed by atoms with van der Waals surface area (Å²) in [7, 11) is 0. The fraction of sp³-hybridized carbons (Fsp3) is 0.368. The molecule has 27 heavy (non-hydrogen) atoms. The standard InChI is InChI=1S/C19H19N3O5/c23-18(14-1-2-14)20-9-11-21(12-10-20)19(24)17-8-7-16(27-17)13-3-5-15(6-4-13)22(25)26/h3-8,14H,1-2,9-12H2. The van der Waals surface area contributed by atoms with E-state index in [0.717, 1.165) is 12.8 Å². The minimum absolute atomic E-state index is 0.000205. The highest BCUT2D eigenvalue weighted by Gasteiger charge is 2.35. The van der Waals surface area contributed by atoms with Gasteiger partial charge in [-0.1, -0.05) is 0 Å². The number of hydrogen-bond donors (Lipinski definition) is 0. The van der Waals surface area contributed by atoms with Gasteiger partial charge in [0, 0.05) is 49.8 Å². The van der Waals surface area contributed by atoms with Crippen LogP contribution in [0.3, 0.4) is 0 Å². The molecular weight excluding hydrogens is 350 g/mol. The van der Waals surface area contributed by atoms with E-state index in [2.05, 4.69) is 0 Å². The summed E-state index contributed by atoms with van der Waals surface area (Å²) in [5.74, 6) is 0.907. The van der Waals surface area contributed by atoms with E-state index >= 15 is 0 Å². The molecule has 2 heterocycles. The van der Waals surface area contributed by atoms with Gasteiger partial charge in [-0.15, -0.1) is 0 Å². The number of nitro benzene ring substituents is 1. The molecule has 1 aromatic heterocycles. The number of nitro groups is 1. The van der Waals surface area contributed by atoms with E-state index in [4.69, 9.17) is 4.42 Å². The fourth-order valence-electron chi connectivity index (χ4n) is 3.23. The predicted octanol–water partition coefficient (Wildman–Crippen LogP) is 2.55. The molecule has 0 bridgehead atoms. The van der Waals surface area contributed by atoms with Crippen molar-refractivity contribution in [1.82, 2.24) is 9.80 Å². The number of piperazine rings is 1. The van der Waals surface area contributed by atoms with Gasteiger partial charge in [-0.25, -0.2) is 0 Å². The molecule has 0 N–H and O–H groups in total. The van der Waals surface area contributed by atoms with Crippen molar-refractivity contribution in [2.24, 2.45) is 5.92 Å². The smallest absolute Gasteiger partial charge is 0.289 e. The topological polar surface area (TPSA) is 96.9 Å². The summed E-state index contributed by atoms with van der Waals surface area (Å²) >= 11 is 0. The SMILES string of the molecule is O=C(c1ccc(-c2ccc([N+](=O)[O-])cc2)o1)N1CCN(C(=O)C2CC2)CC1. The monoisotopic (exact) mass is 369 g/mol. The highest BCUT2D eigenvalue weighted by atomic mass is 16.6. The lowest BCUT2D eigenvalue weighted by Gasteiger charge is -2.34. The van der Waals surface area contributed by atoms with Gasteiger partial charge in [-0.3, -0.25) is 19.7 Å². The molecule has 2 amide bonds. The Balaban J connectivity index is 1.40. The average molecular weight is 369 g/mol. The third-order valence-corrected chi connectivity index (χ3v) is 4.98. The van der Waals surface area contributed by atoms with Crippen molar-refractivity contribution in [3.8, 4) is 11.3 Å². The molecule has 4 rings (SSSR count). The normalized spacial score (nSPS) is 17.0. The van der Waals surface area contributed by atoms with Crippen molar-refractivity contribution in [3.05, 3.63) is 52.3 Å². The number of carbonyl (C=O) groups excluding carboxylic acids is 2. The number of nitrogens with zero attached hydrogens (tertiary/aromatic N) is 3. The summed E-state index contributed by atoms with van der Waals surface area (Å²) in [6, 6.07) is 9.27. The first-order chi connectivity index (χ1) is 13.0. The fourth-order valence-corrected chi connectivity index (χ4v) is 3.23. The first-order valence-corrected chi connectivity index (χ1v) is 8.95. The molecule has 1 aromatic carbocycles. The van der Waals surface area contributed by atoms with Gasteiger partial charge in [-0.05, 0) is 37.1 Å². The molecule has 2 fully saturated rings. The Kier molecular flexibility index (Phi) is 4.39. The lowest BCUT2D eigenvalue weighted by atomic mass is 10.1. The van der Waals surface area contributed by atoms with E-state index in [1.807, 2.05) is 4.90 Å². The second-order valence-corrected chi connectivity index (χ2v) is 6.86. The van der Waals surface area contributed by atoms with Crippen LogP contribution >= 0.6 is 0 Å². The van der Waals surface area contributed by atoms with Crippen molar-refractivity contribution in [2.75, 3.05) is 26.2 Å². The van der Waals surface area contributed by atoms with Crippen LogP contribution in [0.5, 0.6) is 0 Å². The van der Waals surface area contributed by atoms with E-state index in [1.54, 1.807) is 29.2 Å². The largest absolute Gasteiger partial charge is 0.451 e. The molecule has 8 nitrogen and oxygen atoms in total. The Morgan fingerprint density at radius 2 is 1.59 bits per heavy atom. The number of hydrogen-bond acceptors (Lipinski definition) is 5. The molecule has 0 spiro atoms. The van der Waals surface area contributed by atoms with Crippen molar-refractivity contribution in [1.29, 1.82) is 0 Å². The lowest BCUT2D eigenvalue weighted by molar-refractivity contribution is -0.384. The van der Waals surface area contributed by atoms with Crippen molar-refractivity contribution in [2.45, 2.75) is 12.8 Å². The number of carbonyl (C=O) groups is 2. The number of rotatable bonds is 4. The summed E-state index contributed by atoms with van der Waals surface area (Å²) in [5.41, 5.74) is 0.666. The predicted molar refractivity (Wildman–Crippen MR) is 96.0 cm³/mol. The van der Waals surface area contributed by atoms with Gasteiger partial charge in [-0.2, -0.15) is 0 Å².